The SMILES string of the molecule is O=C(O)c1cccc(CN2C(=O)CCc3ccccc32)n1. The lowest BCUT2D eigenvalue weighted by Crippen LogP contribution is -2.34. The molecule has 0 atom stereocenters. The summed E-state index contributed by atoms with van der Waals surface area (Å²) in [6, 6.07) is 12.6. The normalized spacial score (nSPS) is 13.9. The maximum Gasteiger partial charge on any atom is 0.354 e. The van der Waals surface area contributed by atoms with Gasteiger partial charge in [-0.3, -0.25) is 4.79 Å². The molecule has 21 heavy (non-hydrogen) atoms. The lowest BCUT2D eigenvalue weighted by molar-refractivity contribution is -0.119. The number of carbonyl (C=O) groups is 2. The molecular formula is C16H14N2O3. The van der Waals surface area contributed by atoms with E-state index in [1.54, 1.807) is 17.0 Å². The average Bonchev–Trinajstić information content (AvgIpc) is 2.50. The molecule has 0 radical (unpaired) electrons. The van der Waals surface area contributed by atoms with Crippen molar-refractivity contribution in [1.82, 2.24) is 4.98 Å². The molecule has 3 rings (SSSR count). The van der Waals surface area contributed by atoms with Crippen LogP contribution in [-0.4, -0.2) is 22.0 Å². The quantitative estimate of drug-likeness (QED) is 0.937. The summed E-state index contributed by atoms with van der Waals surface area (Å²) in [5.74, 6) is -1.03. The Morgan fingerprint density at radius 2 is 1.95 bits per heavy atom. The number of fused-ring (bicyclic) bond motifs is 1. The van der Waals surface area contributed by atoms with Crippen molar-refractivity contribution in [3.63, 3.8) is 0 Å². The Kier molecular flexibility index (Phi) is 3.39. The maximum absolute atomic E-state index is 12.2. The van der Waals surface area contributed by atoms with Crippen LogP contribution in [0.3, 0.4) is 0 Å². The van der Waals surface area contributed by atoms with Gasteiger partial charge in [0.15, 0.2) is 0 Å². The minimum Gasteiger partial charge on any atom is -0.477 e. The van der Waals surface area contributed by atoms with Crippen LogP contribution < -0.4 is 4.90 Å². The number of hydrogen-bond acceptors (Lipinski definition) is 3. The number of carboxylic acids is 1. The van der Waals surface area contributed by atoms with Gasteiger partial charge in [0, 0.05) is 12.1 Å². The molecule has 0 saturated carbocycles. The van der Waals surface area contributed by atoms with Crippen molar-refractivity contribution >= 4 is 17.6 Å². The first kappa shape index (κ1) is 13.3. The predicted octanol–water partition coefficient (Wildman–Crippen LogP) is 2.26. The molecule has 2 aromatic rings. The minimum atomic E-state index is -1.07. The molecule has 0 saturated heterocycles. The molecule has 1 amide bonds. The molecule has 1 aromatic carbocycles. The lowest BCUT2D eigenvalue weighted by Gasteiger charge is -2.29. The molecule has 0 spiro atoms. The fraction of sp³-hybridized carbons (Fsp3) is 0.188. The first-order valence-electron chi connectivity index (χ1n) is 6.72. The fourth-order valence-electron chi connectivity index (χ4n) is 2.52. The van der Waals surface area contributed by atoms with Gasteiger partial charge in [0.2, 0.25) is 5.91 Å². The van der Waals surface area contributed by atoms with Crippen LogP contribution in [0.2, 0.25) is 0 Å². The summed E-state index contributed by atoms with van der Waals surface area (Å²) < 4.78 is 0. The molecule has 1 N–H and O–H groups in total. The first-order chi connectivity index (χ1) is 10.1. The van der Waals surface area contributed by atoms with Crippen LogP contribution in [-0.2, 0) is 17.8 Å². The Labute approximate surface area is 121 Å². The van der Waals surface area contributed by atoms with Crippen LogP contribution >= 0.6 is 0 Å². The van der Waals surface area contributed by atoms with E-state index >= 15 is 0 Å². The number of carboxylic acid groups (broad SMARTS) is 1. The van der Waals surface area contributed by atoms with Gasteiger partial charge in [-0.05, 0) is 30.2 Å². The number of aromatic carboxylic acids is 1. The number of aromatic nitrogens is 1. The first-order valence-corrected chi connectivity index (χ1v) is 6.72. The summed E-state index contributed by atoms with van der Waals surface area (Å²) >= 11 is 0. The van der Waals surface area contributed by atoms with Gasteiger partial charge in [0.25, 0.3) is 0 Å². The van der Waals surface area contributed by atoms with Gasteiger partial charge >= 0.3 is 5.97 Å². The molecular weight excluding hydrogens is 268 g/mol. The number of benzene rings is 1. The molecule has 1 aliphatic heterocycles. The maximum atomic E-state index is 12.2. The third-order valence-corrected chi connectivity index (χ3v) is 3.54. The lowest BCUT2D eigenvalue weighted by atomic mass is 10.0. The van der Waals surface area contributed by atoms with Gasteiger partial charge in [-0.1, -0.05) is 24.3 Å². The van der Waals surface area contributed by atoms with Gasteiger partial charge in [-0.2, -0.15) is 0 Å². The van der Waals surface area contributed by atoms with E-state index in [0.29, 0.717) is 12.1 Å². The van der Waals surface area contributed by atoms with Crippen LogP contribution in [0.15, 0.2) is 42.5 Å². The van der Waals surface area contributed by atoms with E-state index in [0.717, 1.165) is 17.7 Å². The molecule has 0 unspecified atom stereocenters. The largest absolute Gasteiger partial charge is 0.477 e. The number of aryl methyl sites for hydroxylation is 1. The van der Waals surface area contributed by atoms with Crippen molar-refractivity contribution in [3.8, 4) is 0 Å². The Balaban J connectivity index is 1.92. The molecule has 0 aliphatic carbocycles. The molecule has 1 aromatic heterocycles. The summed E-state index contributed by atoms with van der Waals surface area (Å²) in [6.45, 7) is 0.289. The molecule has 2 heterocycles. The van der Waals surface area contributed by atoms with E-state index in [9.17, 15) is 9.59 Å². The van der Waals surface area contributed by atoms with Crippen LogP contribution in [0.1, 0.15) is 28.2 Å². The van der Waals surface area contributed by atoms with E-state index in [1.165, 1.54) is 6.07 Å². The van der Waals surface area contributed by atoms with Gasteiger partial charge < -0.3 is 10.0 Å². The summed E-state index contributed by atoms with van der Waals surface area (Å²) in [6.07, 6.45) is 1.21. The Morgan fingerprint density at radius 3 is 2.76 bits per heavy atom. The molecule has 1 aliphatic rings. The van der Waals surface area contributed by atoms with Crippen molar-refractivity contribution in [1.29, 1.82) is 0 Å². The molecule has 106 valence electrons. The van der Waals surface area contributed by atoms with E-state index in [4.69, 9.17) is 5.11 Å². The van der Waals surface area contributed by atoms with Crippen molar-refractivity contribution in [3.05, 3.63) is 59.4 Å². The Hall–Kier alpha value is -2.69. The zero-order chi connectivity index (χ0) is 14.8. The zero-order valence-corrected chi connectivity index (χ0v) is 11.3. The third kappa shape index (κ3) is 2.63. The summed E-state index contributed by atoms with van der Waals surface area (Å²) in [7, 11) is 0. The standard InChI is InChI=1S/C16H14N2O3/c19-15-9-8-11-4-1-2-7-14(11)18(15)10-12-5-3-6-13(17-12)16(20)21/h1-7H,8-10H2,(H,20,21). The van der Waals surface area contributed by atoms with Gasteiger partial charge in [-0.25, -0.2) is 9.78 Å². The molecule has 5 heteroatoms. The monoisotopic (exact) mass is 282 g/mol. The fourth-order valence-corrected chi connectivity index (χ4v) is 2.52. The van der Waals surface area contributed by atoms with Crippen LogP contribution in [0.4, 0.5) is 5.69 Å². The van der Waals surface area contributed by atoms with Crippen molar-refractivity contribution in [2.75, 3.05) is 4.90 Å². The Bertz CT molecular complexity index is 712. The second-order valence-electron chi connectivity index (χ2n) is 4.93. The number of amides is 1. The highest BCUT2D eigenvalue weighted by atomic mass is 16.4. The third-order valence-electron chi connectivity index (χ3n) is 3.54. The highest BCUT2D eigenvalue weighted by Crippen LogP contribution is 2.28. The number of carbonyl (C=O) groups excluding carboxylic acids is 1. The number of hydrogen-bond donors (Lipinski definition) is 1. The van der Waals surface area contributed by atoms with E-state index in [-0.39, 0.29) is 18.1 Å². The number of para-hydroxylation sites is 1. The van der Waals surface area contributed by atoms with Gasteiger partial charge in [-0.15, -0.1) is 0 Å². The molecule has 5 nitrogen and oxygen atoms in total. The van der Waals surface area contributed by atoms with Gasteiger partial charge in [0.05, 0.1) is 12.2 Å². The van der Waals surface area contributed by atoms with E-state index in [2.05, 4.69) is 4.98 Å². The van der Waals surface area contributed by atoms with Gasteiger partial charge in [0.1, 0.15) is 5.69 Å². The summed E-state index contributed by atoms with van der Waals surface area (Å²) in [4.78, 5) is 28.9. The predicted molar refractivity (Wildman–Crippen MR) is 77.1 cm³/mol. The minimum absolute atomic E-state index is 0.00903. The van der Waals surface area contributed by atoms with Crippen LogP contribution in [0, 0.1) is 0 Å². The van der Waals surface area contributed by atoms with Crippen molar-refractivity contribution in [2.24, 2.45) is 0 Å². The van der Waals surface area contributed by atoms with Crippen molar-refractivity contribution < 1.29 is 14.7 Å². The van der Waals surface area contributed by atoms with E-state index in [1.807, 2.05) is 24.3 Å². The topological polar surface area (TPSA) is 70.5 Å². The zero-order valence-electron chi connectivity index (χ0n) is 11.3. The molecule has 0 bridgehead atoms. The number of pyridine rings is 1. The highest BCUT2D eigenvalue weighted by molar-refractivity contribution is 5.96. The Morgan fingerprint density at radius 1 is 1.14 bits per heavy atom. The average molecular weight is 282 g/mol. The number of rotatable bonds is 3. The smallest absolute Gasteiger partial charge is 0.354 e. The van der Waals surface area contributed by atoms with Crippen LogP contribution in [0.5, 0.6) is 0 Å². The van der Waals surface area contributed by atoms with Crippen molar-refractivity contribution in [2.45, 2.75) is 19.4 Å². The number of anilines is 1. The molecule has 0 fully saturated rings. The highest BCUT2D eigenvalue weighted by Gasteiger charge is 2.24. The van der Waals surface area contributed by atoms with Crippen LogP contribution in [0.25, 0.3) is 0 Å². The van der Waals surface area contributed by atoms with E-state index < -0.39 is 5.97 Å². The number of nitrogens with zero attached hydrogens (tertiary/aromatic N) is 2. The second-order valence-corrected chi connectivity index (χ2v) is 4.93. The summed E-state index contributed by atoms with van der Waals surface area (Å²) in [5, 5.41) is 8.98. The second kappa shape index (κ2) is 5.36. The summed E-state index contributed by atoms with van der Waals surface area (Å²) in [5.41, 5.74) is 2.58.